The van der Waals surface area contributed by atoms with E-state index in [0.717, 1.165) is 13.1 Å². The van der Waals surface area contributed by atoms with Gasteiger partial charge in [-0.05, 0) is 20.0 Å². The monoisotopic (exact) mass is 153 g/mol. The van der Waals surface area contributed by atoms with Crippen molar-refractivity contribution in [3.05, 3.63) is 25.3 Å². The van der Waals surface area contributed by atoms with Crippen LogP contribution in [0.15, 0.2) is 25.3 Å². The van der Waals surface area contributed by atoms with Crippen molar-refractivity contribution in [1.29, 1.82) is 0 Å². The van der Waals surface area contributed by atoms with Gasteiger partial charge in [0, 0.05) is 0 Å². The molecular weight excluding hydrogens is 134 g/mol. The molecule has 1 nitrogen and oxygen atoms in total. The Hall–Kier alpha value is -0.560. The molecular formula is C10H19N. The Labute approximate surface area is 70.4 Å². The molecule has 0 aliphatic rings. The van der Waals surface area contributed by atoms with Crippen LogP contribution < -0.4 is 0 Å². The lowest BCUT2D eigenvalue weighted by atomic mass is 10.0. The maximum absolute atomic E-state index is 3.81. The van der Waals surface area contributed by atoms with Crippen LogP contribution in [-0.4, -0.2) is 23.5 Å². The highest BCUT2D eigenvalue weighted by atomic mass is 15.2. The summed E-state index contributed by atoms with van der Waals surface area (Å²) in [6.07, 6.45) is 3.88. The summed E-state index contributed by atoms with van der Waals surface area (Å²) in [5.41, 5.74) is -0.0382. The first-order valence-corrected chi connectivity index (χ1v) is 4.16. The van der Waals surface area contributed by atoms with Crippen molar-refractivity contribution in [2.24, 2.45) is 0 Å². The topological polar surface area (TPSA) is 3.24 Å². The van der Waals surface area contributed by atoms with Gasteiger partial charge in [0.1, 0.15) is 0 Å². The van der Waals surface area contributed by atoms with Crippen molar-refractivity contribution in [2.45, 2.75) is 26.3 Å². The molecule has 0 radical (unpaired) electrons. The molecule has 0 saturated carbocycles. The van der Waals surface area contributed by atoms with Crippen LogP contribution in [0.1, 0.15) is 20.8 Å². The summed E-state index contributed by atoms with van der Waals surface area (Å²) in [4.78, 5) is 2.31. The minimum Gasteiger partial charge on any atom is -0.292 e. The number of rotatable bonds is 5. The van der Waals surface area contributed by atoms with Gasteiger partial charge in [-0.3, -0.25) is 4.90 Å². The van der Waals surface area contributed by atoms with Crippen molar-refractivity contribution >= 4 is 0 Å². The molecule has 0 aliphatic carbocycles. The Morgan fingerprint density at radius 3 is 1.64 bits per heavy atom. The quantitative estimate of drug-likeness (QED) is 0.548. The summed E-state index contributed by atoms with van der Waals surface area (Å²) in [6.45, 7) is 16.1. The van der Waals surface area contributed by atoms with Crippen LogP contribution in [0.25, 0.3) is 0 Å². The van der Waals surface area contributed by atoms with E-state index in [9.17, 15) is 0 Å². The van der Waals surface area contributed by atoms with Crippen LogP contribution in [0.5, 0.6) is 0 Å². The van der Waals surface area contributed by atoms with Crippen LogP contribution in [0.4, 0.5) is 0 Å². The molecule has 0 N–H and O–H groups in total. The highest BCUT2D eigenvalue weighted by molar-refractivity contribution is 5.12. The number of hydrogen-bond acceptors (Lipinski definition) is 1. The van der Waals surface area contributed by atoms with Gasteiger partial charge >= 0.3 is 0 Å². The molecule has 0 rings (SSSR count). The van der Waals surface area contributed by atoms with Crippen molar-refractivity contribution in [2.75, 3.05) is 13.1 Å². The Morgan fingerprint density at radius 1 is 1.18 bits per heavy atom. The maximum atomic E-state index is 3.81. The van der Waals surface area contributed by atoms with Gasteiger partial charge in [-0.1, -0.05) is 26.0 Å². The van der Waals surface area contributed by atoms with Gasteiger partial charge in [-0.15, -0.1) is 13.2 Å². The second-order valence-corrected chi connectivity index (χ2v) is 2.81. The fraction of sp³-hybridized carbons (Fsp3) is 0.600. The molecule has 0 aromatic carbocycles. The Kier molecular flexibility index (Phi) is 4.12. The zero-order valence-corrected chi connectivity index (χ0v) is 7.93. The van der Waals surface area contributed by atoms with Gasteiger partial charge in [-0.2, -0.15) is 0 Å². The predicted octanol–water partition coefficient (Wildman–Crippen LogP) is 2.46. The first kappa shape index (κ1) is 10.4. The summed E-state index contributed by atoms with van der Waals surface area (Å²) >= 11 is 0. The lowest BCUT2D eigenvalue weighted by Gasteiger charge is -2.35. The van der Waals surface area contributed by atoms with Gasteiger partial charge < -0.3 is 0 Å². The van der Waals surface area contributed by atoms with Crippen LogP contribution >= 0.6 is 0 Å². The molecule has 0 amide bonds. The van der Waals surface area contributed by atoms with Crippen LogP contribution in [0.2, 0.25) is 0 Å². The fourth-order valence-electron chi connectivity index (χ4n) is 1.25. The Morgan fingerprint density at radius 2 is 1.55 bits per heavy atom. The number of likely N-dealkylation sites (N-methyl/N-ethyl adjacent to an activating group) is 1. The van der Waals surface area contributed by atoms with E-state index in [0.29, 0.717) is 0 Å². The molecule has 0 heterocycles. The van der Waals surface area contributed by atoms with Crippen molar-refractivity contribution in [3.63, 3.8) is 0 Å². The van der Waals surface area contributed by atoms with E-state index < -0.39 is 0 Å². The third-order valence-corrected chi connectivity index (χ3v) is 2.27. The molecule has 11 heavy (non-hydrogen) atoms. The molecule has 0 aromatic heterocycles. The zero-order valence-electron chi connectivity index (χ0n) is 7.93. The summed E-state index contributed by atoms with van der Waals surface area (Å²) in [5, 5.41) is 0. The predicted molar refractivity (Wildman–Crippen MR) is 51.7 cm³/mol. The second-order valence-electron chi connectivity index (χ2n) is 2.81. The molecule has 0 saturated heterocycles. The SMILES string of the molecule is C=CC(C)(C=C)N(CC)CC. The molecule has 0 unspecified atom stereocenters. The molecule has 0 bridgehead atoms. The van der Waals surface area contributed by atoms with Crippen LogP contribution in [0, 0.1) is 0 Å². The average molecular weight is 153 g/mol. The minimum atomic E-state index is -0.0382. The van der Waals surface area contributed by atoms with E-state index in [-0.39, 0.29) is 5.54 Å². The average Bonchev–Trinajstić information content (AvgIpc) is 2.06. The smallest absolute Gasteiger partial charge is 0.0541 e. The zero-order chi connectivity index (χ0) is 8.91. The van der Waals surface area contributed by atoms with Crippen LogP contribution in [0.3, 0.4) is 0 Å². The lowest BCUT2D eigenvalue weighted by Crippen LogP contribution is -2.42. The largest absolute Gasteiger partial charge is 0.292 e. The maximum Gasteiger partial charge on any atom is 0.0541 e. The highest BCUT2D eigenvalue weighted by Gasteiger charge is 2.21. The van der Waals surface area contributed by atoms with E-state index in [1.165, 1.54) is 0 Å². The summed E-state index contributed by atoms with van der Waals surface area (Å²) in [7, 11) is 0. The molecule has 0 aliphatic heterocycles. The number of hydrogen-bond donors (Lipinski definition) is 0. The van der Waals surface area contributed by atoms with Crippen molar-refractivity contribution in [1.82, 2.24) is 4.90 Å². The fourth-order valence-corrected chi connectivity index (χ4v) is 1.25. The Balaban J connectivity index is 4.43. The first-order chi connectivity index (χ1) is 5.14. The van der Waals surface area contributed by atoms with Crippen LogP contribution in [-0.2, 0) is 0 Å². The van der Waals surface area contributed by atoms with Gasteiger partial charge in [-0.25, -0.2) is 0 Å². The van der Waals surface area contributed by atoms with Gasteiger partial charge in [0.2, 0.25) is 0 Å². The Bertz CT molecular complexity index is 126. The molecule has 0 atom stereocenters. The number of nitrogens with zero attached hydrogens (tertiary/aromatic N) is 1. The summed E-state index contributed by atoms with van der Waals surface area (Å²) < 4.78 is 0. The van der Waals surface area contributed by atoms with E-state index in [1.54, 1.807) is 0 Å². The van der Waals surface area contributed by atoms with E-state index in [4.69, 9.17) is 0 Å². The first-order valence-electron chi connectivity index (χ1n) is 4.16. The van der Waals surface area contributed by atoms with Crippen molar-refractivity contribution < 1.29 is 0 Å². The summed E-state index contributed by atoms with van der Waals surface area (Å²) in [5.74, 6) is 0. The normalized spacial score (nSPS) is 11.6. The van der Waals surface area contributed by atoms with E-state index in [2.05, 4.69) is 38.8 Å². The summed E-state index contributed by atoms with van der Waals surface area (Å²) in [6, 6.07) is 0. The van der Waals surface area contributed by atoms with E-state index in [1.807, 2.05) is 12.2 Å². The van der Waals surface area contributed by atoms with Crippen molar-refractivity contribution in [3.8, 4) is 0 Å². The minimum absolute atomic E-state index is 0.0382. The highest BCUT2D eigenvalue weighted by Crippen LogP contribution is 2.16. The molecule has 64 valence electrons. The van der Waals surface area contributed by atoms with Gasteiger partial charge in [0.15, 0.2) is 0 Å². The molecule has 1 heteroatoms. The molecule has 0 fully saturated rings. The second kappa shape index (κ2) is 4.35. The lowest BCUT2D eigenvalue weighted by molar-refractivity contribution is 0.207. The molecule has 0 spiro atoms. The van der Waals surface area contributed by atoms with Gasteiger partial charge in [0.25, 0.3) is 0 Å². The van der Waals surface area contributed by atoms with Gasteiger partial charge in [0.05, 0.1) is 5.54 Å². The third kappa shape index (κ3) is 2.19. The van der Waals surface area contributed by atoms with E-state index >= 15 is 0 Å². The molecule has 0 aromatic rings. The third-order valence-electron chi connectivity index (χ3n) is 2.27. The standard InChI is InChI=1S/C10H19N/c1-6-10(5,7-2)11(8-3)9-4/h6-7H,1-2,8-9H2,3-5H3.